The summed E-state index contributed by atoms with van der Waals surface area (Å²) < 4.78 is 0. The Labute approximate surface area is 170 Å². The van der Waals surface area contributed by atoms with Crippen molar-refractivity contribution in [1.29, 1.82) is 0 Å². The van der Waals surface area contributed by atoms with Gasteiger partial charge in [-0.25, -0.2) is 4.79 Å². The Morgan fingerprint density at radius 2 is 1.30 bits per heavy atom. The molecular formula is C16H30N4O5S2. The molecule has 27 heavy (non-hydrogen) atoms. The van der Waals surface area contributed by atoms with E-state index in [1.54, 1.807) is 27.7 Å². The van der Waals surface area contributed by atoms with Gasteiger partial charge >= 0.3 is 5.97 Å². The number of carbonyl (C=O) groups is 4. The van der Waals surface area contributed by atoms with Crippen LogP contribution in [0.4, 0.5) is 0 Å². The molecule has 0 aliphatic heterocycles. The van der Waals surface area contributed by atoms with Crippen LogP contribution >= 0.6 is 25.3 Å². The lowest BCUT2D eigenvalue weighted by Crippen LogP contribution is -2.59. The van der Waals surface area contributed by atoms with Crippen molar-refractivity contribution < 1.29 is 24.3 Å². The number of hydrogen-bond acceptors (Lipinski definition) is 7. The lowest BCUT2D eigenvalue weighted by atomic mass is 10.0. The maximum absolute atomic E-state index is 12.5. The zero-order chi connectivity index (χ0) is 21.3. The van der Waals surface area contributed by atoms with Crippen molar-refractivity contribution in [2.45, 2.75) is 51.9 Å². The Morgan fingerprint density at radius 1 is 0.815 bits per heavy atom. The molecule has 0 aromatic heterocycles. The highest BCUT2D eigenvalue weighted by molar-refractivity contribution is 7.80. The standard InChI is InChI=1S/C16H30N4O5S2/c1-7(2)11(17)14(22)18-9(5-26)13(21)20-12(8(3)4)15(23)19-10(6-27)16(24)25/h7-12,26-27H,5-6,17H2,1-4H3,(H,18,22)(H,19,23)(H,20,21)(H,24,25). The molecule has 9 nitrogen and oxygen atoms in total. The number of amides is 3. The Morgan fingerprint density at radius 3 is 1.67 bits per heavy atom. The first-order valence-corrected chi connectivity index (χ1v) is 9.83. The van der Waals surface area contributed by atoms with Gasteiger partial charge in [0.25, 0.3) is 0 Å². The van der Waals surface area contributed by atoms with Crippen LogP contribution in [-0.4, -0.2) is 64.5 Å². The molecule has 0 spiro atoms. The van der Waals surface area contributed by atoms with Crippen LogP contribution in [0.5, 0.6) is 0 Å². The van der Waals surface area contributed by atoms with Gasteiger partial charge in [0, 0.05) is 11.5 Å². The fourth-order valence-electron chi connectivity index (χ4n) is 2.00. The van der Waals surface area contributed by atoms with Crippen molar-refractivity contribution in [3.63, 3.8) is 0 Å². The molecular weight excluding hydrogens is 392 g/mol. The lowest BCUT2D eigenvalue weighted by molar-refractivity contribution is -0.142. The van der Waals surface area contributed by atoms with E-state index in [2.05, 4.69) is 41.2 Å². The van der Waals surface area contributed by atoms with Crippen molar-refractivity contribution in [3.05, 3.63) is 0 Å². The number of carboxylic acids is 1. The monoisotopic (exact) mass is 422 g/mol. The van der Waals surface area contributed by atoms with Gasteiger partial charge in [0.2, 0.25) is 17.7 Å². The van der Waals surface area contributed by atoms with E-state index in [1.165, 1.54) is 0 Å². The summed E-state index contributed by atoms with van der Waals surface area (Å²) in [5, 5.41) is 16.4. The second kappa shape index (κ2) is 12.1. The van der Waals surface area contributed by atoms with Crippen LogP contribution < -0.4 is 21.7 Å². The van der Waals surface area contributed by atoms with Crippen LogP contribution in [0.3, 0.4) is 0 Å². The van der Waals surface area contributed by atoms with Gasteiger partial charge in [0.15, 0.2) is 0 Å². The maximum atomic E-state index is 12.5. The highest BCUT2D eigenvalue weighted by Crippen LogP contribution is 2.05. The van der Waals surface area contributed by atoms with Crippen LogP contribution in [0.2, 0.25) is 0 Å². The summed E-state index contributed by atoms with van der Waals surface area (Å²) in [6.45, 7) is 6.95. The van der Waals surface area contributed by atoms with Crippen molar-refractivity contribution >= 4 is 48.9 Å². The highest BCUT2D eigenvalue weighted by atomic mass is 32.1. The van der Waals surface area contributed by atoms with Crippen LogP contribution in [0.1, 0.15) is 27.7 Å². The van der Waals surface area contributed by atoms with E-state index < -0.39 is 47.9 Å². The molecule has 0 aliphatic carbocycles. The third-order valence-electron chi connectivity index (χ3n) is 3.88. The number of rotatable bonds is 11. The van der Waals surface area contributed by atoms with Crippen LogP contribution in [0, 0.1) is 11.8 Å². The highest BCUT2D eigenvalue weighted by Gasteiger charge is 2.31. The third-order valence-corrected chi connectivity index (χ3v) is 4.61. The first-order valence-electron chi connectivity index (χ1n) is 8.57. The third kappa shape index (κ3) is 8.39. The van der Waals surface area contributed by atoms with Crippen molar-refractivity contribution in [1.82, 2.24) is 16.0 Å². The number of carboxylic acid groups (broad SMARTS) is 1. The predicted molar refractivity (Wildman–Crippen MR) is 109 cm³/mol. The van der Waals surface area contributed by atoms with Crippen LogP contribution in [0.15, 0.2) is 0 Å². The zero-order valence-electron chi connectivity index (χ0n) is 15.9. The second-order valence-electron chi connectivity index (χ2n) is 6.83. The van der Waals surface area contributed by atoms with Crippen LogP contribution in [0.25, 0.3) is 0 Å². The molecule has 6 N–H and O–H groups in total. The van der Waals surface area contributed by atoms with Gasteiger partial charge in [0.1, 0.15) is 18.1 Å². The topological polar surface area (TPSA) is 151 Å². The second-order valence-corrected chi connectivity index (χ2v) is 7.56. The Hall–Kier alpha value is -1.46. The lowest BCUT2D eigenvalue weighted by Gasteiger charge is -2.26. The molecule has 0 saturated heterocycles. The normalized spacial score (nSPS) is 15.6. The van der Waals surface area contributed by atoms with Gasteiger partial charge in [-0.05, 0) is 11.8 Å². The molecule has 0 aromatic rings. The molecule has 11 heteroatoms. The first kappa shape index (κ1) is 25.5. The van der Waals surface area contributed by atoms with Gasteiger partial charge in [-0.2, -0.15) is 25.3 Å². The number of thiol groups is 2. The quantitative estimate of drug-likeness (QED) is 0.213. The van der Waals surface area contributed by atoms with E-state index in [0.717, 1.165) is 0 Å². The van der Waals surface area contributed by atoms with Gasteiger partial charge in [-0.3, -0.25) is 14.4 Å². The number of nitrogens with one attached hydrogen (secondary N) is 3. The van der Waals surface area contributed by atoms with E-state index in [-0.39, 0.29) is 23.3 Å². The average molecular weight is 423 g/mol. The van der Waals surface area contributed by atoms with Gasteiger partial charge < -0.3 is 26.8 Å². The van der Waals surface area contributed by atoms with Gasteiger partial charge in [0.05, 0.1) is 6.04 Å². The number of carbonyl (C=O) groups excluding carboxylic acids is 3. The molecule has 0 rings (SSSR count). The van der Waals surface area contributed by atoms with Gasteiger partial charge in [-0.15, -0.1) is 0 Å². The Balaban J connectivity index is 5.10. The summed E-state index contributed by atoms with van der Waals surface area (Å²) in [6, 6.07) is -3.93. The van der Waals surface area contributed by atoms with Crippen molar-refractivity contribution in [3.8, 4) is 0 Å². The van der Waals surface area contributed by atoms with E-state index in [1.807, 2.05) is 0 Å². The SMILES string of the molecule is CC(C)C(N)C(=O)NC(CS)C(=O)NC(C(=O)NC(CS)C(=O)O)C(C)C. The van der Waals surface area contributed by atoms with Gasteiger partial charge in [-0.1, -0.05) is 27.7 Å². The Bertz CT molecular complexity index is 545. The summed E-state index contributed by atoms with van der Waals surface area (Å²) in [7, 11) is 0. The summed E-state index contributed by atoms with van der Waals surface area (Å²) >= 11 is 7.96. The van der Waals surface area contributed by atoms with E-state index >= 15 is 0 Å². The molecule has 0 aromatic carbocycles. The summed E-state index contributed by atoms with van der Waals surface area (Å²) in [5.74, 6) is -3.51. The summed E-state index contributed by atoms with van der Waals surface area (Å²) in [4.78, 5) is 48.0. The van der Waals surface area contributed by atoms with E-state index in [9.17, 15) is 19.2 Å². The molecule has 0 radical (unpaired) electrons. The minimum atomic E-state index is -1.23. The zero-order valence-corrected chi connectivity index (χ0v) is 17.7. The first-order chi connectivity index (χ1) is 12.5. The molecule has 4 atom stereocenters. The summed E-state index contributed by atoms with van der Waals surface area (Å²) in [5.41, 5.74) is 5.76. The molecule has 0 saturated carbocycles. The number of aliphatic carboxylic acids is 1. The van der Waals surface area contributed by atoms with E-state index in [4.69, 9.17) is 10.8 Å². The summed E-state index contributed by atoms with van der Waals surface area (Å²) in [6.07, 6.45) is 0. The minimum Gasteiger partial charge on any atom is -0.480 e. The van der Waals surface area contributed by atoms with Crippen molar-refractivity contribution in [2.24, 2.45) is 17.6 Å². The minimum absolute atomic E-state index is 0.00319. The average Bonchev–Trinajstić information content (AvgIpc) is 2.59. The predicted octanol–water partition coefficient (Wildman–Crippen LogP) is -0.976. The molecule has 0 fully saturated rings. The molecule has 0 aliphatic rings. The number of hydrogen-bond donors (Lipinski definition) is 7. The van der Waals surface area contributed by atoms with E-state index in [0.29, 0.717) is 0 Å². The van der Waals surface area contributed by atoms with Crippen LogP contribution in [-0.2, 0) is 19.2 Å². The smallest absolute Gasteiger partial charge is 0.327 e. The Kier molecular flexibility index (Phi) is 11.4. The molecule has 0 heterocycles. The fourth-order valence-corrected chi connectivity index (χ4v) is 2.51. The number of nitrogens with two attached hydrogens (primary N) is 1. The molecule has 3 amide bonds. The molecule has 0 bridgehead atoms. The molecule has 156 valence electrons. The fraction of sp³-hybridized carbons (Fsp3) is 0.750. The molecule has 4 unspecified atom stereocenters. The maximum Gasteiger partial charge on any atom is 0.327 e. The largest absolute Gasteiger partial charge is 0.480 e. The van der Waals surface area contributed by atoms with Crippen molar-refractivity contribution in [2.75, 3.05) is 11.5 Å².